The molecule has 0 saturated carbocycles. The van der Waals surface area contributed by atoms with Gasteiger partial charge in [-0.05, 0) is 29.5 Å². The fourth-order valence-electron chi connectivity index (χ4n) is 2.06. The van der Waals surface area contributed by atoms with Crippen molar-refractivity contribution in [3.8, 4) is 0 Å². The Hall–Kier alpha value is -2.04. The first-order chi connectivity index (χ1) is 10.4. The first-order valence-electron chi connectivity index (χ1n) is 7.64. The molecule has 2 atom stereocenters. The largest absolute Gasteiger partial charge is 0.467 e. The van der Waals surface area contributed by atoms with Crippen LogP contribution in [0.4, 0.5) is 10.5 Å². The Morgan fingerprint density at radius 2 is 1.73 bits per heavy atom. The highest BCUT2D eigenvalue weighted by atomic mass is 16.5. The molecule has 0 aliphatic carbocycles. The van der Waals surface area contributed by atoms with Crippen LogP contribution in [0.25, 0.3) is 0 Å². The lowest BCUT2D eigenvalue weighted by Crippen LogP contribution is -2.47. The molecule has 122 valence electrons. The lowest BCUT2D eigenvalue weighted by molar-refractivity contribution is -0.144. The number of anilines is 1. The minimum absolute atomic E-state index is 0.00140. The molecule has 1 aromatic carbocycles. The molecular formula is C17H26N2O3. The Morgan fingerprint density at radius 1 is 1.14 bits per heavy atom. The highest BCUT2D eigenvalue weighted by Crippen LogP contribution is 2.17. The van der Waals surface area contributed by atoms with Gasteiger partial charge in [0.25, 0.3) is 0 Å². The topological polar surface area (TPSA) is 67.4 Å². The number of urea groups is 1. The fraction of sp³-hybridized carbons (Fsp3) is 0.529. The van der Waals surface area contributed by atoms with Gasteiger partial charge in [0.2, 0.25) is 0 Å². The van der Waals surface area contributed by atoms with E-state index in [1.54, 1.807) is 0 Å². The zero-order valence-corrected chi connectivity index (χ0v) is 14.0. The van der Waals surface area contributed by atoms with Gasteiger partial charge in [-0.25, -0.2) is 9.59 Å². The number of ether oxygens (including phenoxy) is 1. The summed E-state index contributed by atoms with van der Waals surface area (Å²) in [5, 5.41) is 5.42. The molecule has 2 amide bonds. The molecule has 5 heteroatoms. The first-order valence-corrected chi connectivity index (χ1v) is 7.64. The molecule has 1 aromatic rings. The number of nitrogens with one attached hydrogen (secondary N) is 2. The molecular weight excluding hydrogens is 280 g/mol. The number of benzene rings is 1. The van der Waals surface area contributed by atoms with Crippen LogP contribution in [-0.4, -0.2) is 25.2 Å². The third kappa shape index (κ3) is 5.06. The van der Waals surface area contributed by atoms with Gasteiger partial charge >= 0.3 is 12.0 Å². The normalized spacial score (nSPS) is 13.4. The standard InChI is InChI=1S/C17H26N2O3/c1-6-12(4)15(16(20)22-5)19-17(21)18-14-9-7-13(8-10-14)11(2)3/h7-12,15H,6H2,1-5H3,(H2,18,19,21)/t12-,15+/m1/s1. The second kappa shape index (κ2) is 8.41. The van der Waals surface area contributed by atoms with E-state index in [1.165, 1.54) is 12.7 Å². The molecule has 0 aliphatic rings. The molecule has 0 spiro atoms. The first kappa shape index (κ1) is 18.0. The molecule has 5 nitrogen and oxygen atoms in total. The van der Waals surface area contributed by atoms with Crippen molar-refractivity contribution in [1.82, 2.24) is 5.32 Å². The van der Waals surface area contributed by atoms with E-state index in [-0.39, 0.29) is 5.92 Å². The number of carbonyl (C=O) groups excluding carboxylic acids is 2. The van der Waals surface area contributed by atoms with Crippen molar-refractivity contribution < 1.29 is 14.3 Å². The molecule has 0 heterocycles. The lowest BCUT2D eigenvalue weighted by atomic mass is 9.99. The van der Waals surface area contributed by atoms with Gasteiger partial charge in [-0.1, -0.05) is 46.2 Å². The summed E-state index contributed by atoms with van der Waals surface area (Å²) in [4.78, 5) is 23.8. The molecule has 0 unspecified atom stereocenters. The summed E-state index contributed by atoms with van der Waals surface area (Å²) in [6.07, 6.45) is 0.767. The maximum Gasteiger partial charge on any atom is 0.328 e. The summed E-state index contributed by atoms with van der Waals surface area (Å²) in [5.74, 6) is 0.0122. The van der Waals surface area contributed by atoms with Crippen molar-refractivity contribution in [2.75, 3.05) is 12.4 Å². The van der Waals surface area contributed by atoms with E-state index in [0.717, 1.165) is 6.42 Å². The fourth-order valence-corrected chi connectivity index (χ4v) is 2.06. The summed E-state index contributed by atoms with van der Waals surface area (Å²) in [7, 11) is 1.32. The Morgan fingerprint density at radius 3 is 2.18 bits per heavy atom. The summed E-state index contributed by atoms with van der Waals surface area (Å²) in [6, 6.07) is 6.61. The SMILES string of the molecule is CC[C@@H](C)[C@H](NC(=O)Nc1ccc(C(C)C)cc1)C(=O)OC. The molecule has 22 heavy (non-hydrogen) atoms. The number of hydrogen-bond donors (Lipinski definition) is 2. The van der Waals surface area contributed by atoms with E-state index >= 15 is 0 Å². The predicted octanol–water partition coefficient (Wildman–Crippen LogP) is 3.52. The zero-order chi connectivity index (χ0) is 16.7. The number of esters is 1. The smallest absolute Gasteiger partial charge is 0.328 e. The van der Waals surface area contributed by atoms with Crippen LogP contribution in [0, 0.1) is 5.92 Å². The van der Waals surface area contributed by atoms with Crippen LogP contribution in [0.15, 0.2) is 24.3 Å². The molecule has 0 aromatic heterocycles. The van der Waals surface area contributed by atoms with Crippen LogP contribution in [0.1, 0.15) is 45.6 Å². The Kier molecular flexibility index (Phi) is 6.89. The Bertz CT molecular complexity index is 497. The van der Waals surface area contributed by atoms with Crippen molar-refractivity contribution in [2.24, 2.45) is 5.92 Å². The van der Waals surface area contributed by atoms with Gasteiger partial charge in [0.05, 0.1) is 7.11 Å². The highest BCUT2D eigenvalue weighted by molar-refractivity contribution is 5.92. The molecule has 0 bridgehead atoms. The van der Waals surface area contributed by atoms with Gasteiger partial charge in [0, 0.05) is 5.69 Å². The number of amides is 2. The summed E-state index contributed by atoms with van der Waals surface area (Å²) in [5.41, 5.74) is 1.90. The van der Waals surface area contributed by atoms with Gasteiger partial charge < -0.3 is 15.4 Å². The van der Waals surface area contributed by atoms with E-state index < -0.39 is 18.0 Å². The van der Waals surface area contributed by atoms with Crippen LogP contribution < -0.4 is 10.6 Å². The number of hydrogen-bond acceptors (Lipinski definition) is 3. The highest BCUT2D eigenvalue weighted by Gasteiger charge is 2.26. The maximum absolute atomic E-state index is 12.1. The van der Waals surface area contributed by atoms with E-state index in [2.05, 4.69) is 24.5 Å². The Balaban J connectivity index is 2.68. The molecule has 0 fully saturated rings. The lowest BCUT2D eigenvalue weighted by Gasteiger charge is -2.22. The Labute approximate surface area is 132 Å². The van der Waals surface area contributed by atoms with Crippen LogP contribution in [0.3, 0.4) is 0 Å². The quantitative estimate of drug-likeness (QED) is 0.790. The number of carbonyl (C=O) groups is 2. The predicted molar refractivity (Wildman–Crippen MR) is 87.9 cm³/mol. The minimum Gasteiger partial charge on any atom is -0.467 e. The van der Waals surface area contributed by atoms with E-state index in [1.807, 2.05) is 38.1 Å². The van der Waals surface area contributed by atoms with Gasteiger partial charge in [0.15, 0.2) is 0 Å². The average Bonchev–Trinajstić information content (AvgIpc) is 2.51. The second-order valence-corrected chi connectivity index (χ2v) is 5.76. The average molecular weight is 306 g/mol. The van der Waals surface area contributed by atoms with Gasteiger partial charge in [-0.15, -0.1) is 0 Å². The monoisotopic (exact) mass is 306 g/mol. The number of rotatable bonds is 6. The molecule has 0 radical (unpaired) electrons. The third-order valence-corrected chi connectivity index (χ3v) is 3.79. The van der Waals surface area contributed by atoms with Gasteiger partial charge in [0.1, 0.15) is 6.04 Å². The molecule has 2 N–H and O–H groups in total. The van der Waals surface area contributed by atoms with Crippen molar-refractivity contribution in [3.05, 3.63) is 29.8 Å². The van der Waals surface area contributed by atoms with E-state index in [4.69, 9.17) is 4.74 Å². The molecule has 1 rings (SSSR count). The van der Waals surface area contributed by atoms with Crippen molar-refractivity contribution in [2.45, 2.75) is 46.1 Å². The zero-order valence-electron chi connectivity index (χ0n) is 14.0. The van der Waals surface area contributed by atoms with Crippen molar-refractivity contribution in [3.63, 3.8) is 0 Å². The summed E-state index contributed by atoms with van der Waals surface area (Å²) in [6.45, 7) is 8.09. The summed E-state index contributed by atoms with van der Waals surface area (Å²) < 4.78 is 4.75. The van der Waals surface area contributed by atoms with Gasteiger partial charge in [-0.3, -0.25) is 0 Å². The van der Waals surface area contributed by atoms with Crippen LogP contribution in [-0.2, 0) is 9.53 Å². The molecule has 0 saturated heterocycles. The van der Waals surface area contributed by atoms with Crippen molar-refractivity contribution in [1.29, 1.82) is 0 Å². The van der Waals surface area contributed by atoms with Gasteiger partial charge in [-0.2, -0.15) is 0 Å². The van der Waals surface area contributed by atoms with Crippen LogP contribution in [0.5, 0.6) is 0 Å². The minimum atomic E-state index is -0.648. The van der Waals surface area contributed by atoms with Crippen LogP contribution >= 0.6 is 0 Å². The molecule has 0 aliphatic heterocycles. The second-order valence-electron chi connectivity index (χ2n) is 5.76. The summed E-state index contributed by atoms with van der Waals surface area (Å²) >= 11 is 0. The maximum atomic E-state index is 12.1. The number of methoxy groups -OCH3 is 1. The third-order valence-electron chi connectivity index (χ3n) is 3.79. The van der Waals surface area contributed by atoms with E-state index in [0.29, 0.717) is 11.6 Å². The van der Waals surface area contributed by atoms with E-state index in [9.17, 15) is 9.59 Å². The van der Waals surface area contributed by atoms with Crippen LogP contribution in [0.2, 0.25) is 0 Å². The van der Waals surface area contributed by atoms with Crippen molar-refractivity contribution >= 4 is 17.7 Å².